The Morgan fingerprint density at radius 2 is 1.89 bits per heavy atom. The van der Waals surface area contributed by atoms with Gasteiger partial charge in [0, 0.05) is 6.61 Å². The van der Waals surface area contributed by atoms with E-state index in [1.54, 1.807) is 0 Å². The van der Waals surface area contributed by atoms with Crippen molar-refractivity contribution < 1.29 is 18.8 Å². The summed E-state index contributed by atoms with van der Waals surface area (Å²) >= 11 is 0. The van der Waals surface area contributed by atoms with E-state index in [1.165, 1.54) is 0 Å². The van der Waals surface area contributed by atoms with E-state index in [2.05, 4.69) is 4.43 Å². The Kier molecular flexibility index (Phi) is 3.99. The Morgan fingerprint density at radius 1 is 1.33 bits per heavy atom. The number of hydrogen-bond donors (Lipinski definition) is 3. The highest BCUT2D eigenvalue weighted by molar-refractivity contribution is 6.48. The molecule has 0 aliphatic carbocycles. The molecule has 0 amide bonds. The third-order valence-electron chi connectivity index (χ3n) is 0.794. The van der Waals surface area contributed by atoms with Gasteiger partial charge >= 0.3 is 9.05 Å². The predicted molar refractivity (Wildman–Crippen MR) is 33.3 cm³/mol. The Bertz CT molecular complexity index is 69.5. The molecule has 9 heavy (non-hydrogen) atoms. The Morgan fingerprint density at radius 3 is 2.22 bits per heavy atom. The lowest BCUT2D eigenvalue weighted by Crippen LogP contribution is -2.39. The molecule has 0 radical (unpaired) electrons. The summed E-state index contributed by atoms with van der Waals surface area (Å²) in [5, 5.41) is 0. The number of rotatable bonds is 4. The monoisotopic (exact) mass is 152 g/mol. The first-order chi connectivity index (χ1) is 4.06. The third kappa shape index (κ3) is 8.06. The smallest absolute Gasteiger partial charge is 0.368 e. The van der Waals surface area contributed by atoms with Gasteiger partial charge in [-0.15, -0.1) is 0 Å². The molecule has 0 aromatic rings. The van der Waals surface area contributed by atoms with Crippen LogP contribution < -0.4 is 0 Å². The van der Waals surface area contributed by atoms with Crippen LogP contribution >= 0.6 is 0 Å². The van der Waals surface area contributed by atoms with Gasteiger partial charge in [-0.2, -0.15) is 0 Å². The highest BCUT2D eigenvalue weighted by Gasteiger charge is 2.29. The summed E-state index contributed by atoms with van der Waals surface area (Å²) in [5.41, 5.74) is 0. The second-order valence-electron chi connectivity index (χ2n) is 1.78. The molecule has 0 spiro atoms. The Labute approximate surface area is 55.2 Å². The van der Waals surface area contributed by atoms with E-state index in [4.69, 9.17) is 14.4 Å². The molecule has 0 saturated carbocycles. The zero-order valence-corrected chi connectivity index (χ0v) is 6.37. The van der Waals surface area contributed by atoms with Crippen LogP contribution in [0.3, 0.4) is 0 Å². The molecule has 0 aromatic carbocycles. The van der Waals surface area contributed by atoms with Gasteiger partial charge in [0.05, 0.1) is 0 Å². The van der Waals surface area contributed by atoms with E-state index in [0.29, 0.717) is 0 Å². The van der Waals surface area contributed by atoms with E-state index >= 15 is 0 Å². The van der Waals surface area contributed by atoms with Crippen molar-refractivity contribution in [2.45, 2.75) is 19.8 Å². The van der Waals surface area contributed by atoms with Crippen LogP contribution in [-0.4, -0.2) is 30.0 Å². The van der Waals surface area contributed by atoms with Gasteiger partial charge in [-0.3, -0.25) is 0 Å². The molecule has 0 aliphatic rings. The molecule has 5 heteroatoms. The summed E-state index contributed by atoms with van der Waals surface area (Å²) in [6, 6.07) is 0. The molecule has 0 bridgehead atoms. The zero-order chi connectivity index (χ0) is 7.33. The minimum Gasteiger partial charge on any atom is -0.368 e. The lowest BCUT2D eigenvalue weighted by atomic mass is 10.4. The predicted octanol–water partition coefficient (Wildman–Crippen LogP) is -0.784. The van der Waals surface area contributed by atoms with Crippen molar-refractivity contribution in [2.75, 3.05) is 6.61 Å². The maximum atomic E-state index is 8.27. The van der Waals surface area contributed by atoms with Crippen LogP contribution in [-0.2, 0) is 4.43 Å². The van der Waals surface area contributed by atoms with Crippen LogP contribution in [0.2, 0.25) is 0 Å². The minimum absolute atomic E-state index is 0.215. The molecule has 0 heterocycles. The van der Waals surface area contributed by atoms with Crippen molar-refractivity contribution in [1.29, 1.82) is 0 Å². The van der Waals surface area contributed by atoms with Crippen molar-refractivity contribution in [3.63, 3.8) is 0 Å². The standard InChI is InChI=1S/C4H12O4Si/c1-2-3-4-8-9(5,6)7/h5-7H,2-4H2,1H3. The van der Waals surface area contributed by atoms with Gasteiger partial charge < -0.3 is 18.8 Å². The average Bonchev–Trinajstić information content (AvgIpc) is 1.63. The first-order valence-corrected chi connectivity index (χ1v) is 4.62. The fraction of sp³-hybridized carbons (Fsp3) is 1.00. The summed E-state index contributed by atoms with van der Waals surface area (Å²) in [5.74, 6) is 0. The van der Waals surface area contributed by atoms with Gasteiger partial charge in [0.15, 0.2) is 0 Å². The van der Waals surface area contributed by atoms with Crippen LogP contribution in [0.15, 0.2) is 0 Å². The van der Waals surface area contributed by atoms with E-state index in [0.717, 1.165) is 12.8 Å². The summed E-state index contributed by atoms with van der Waals surface area (Å²) in [6.07, 6.45) is 1.64. The van der Waals surface area contributed by atoms with Gasteiger partial charge in [0.25, 0.3) is 0 Å². The second-order valence-corrected chi connectivity index (χ2v) is 3.21. The SMILES string of the molecule is CCCCO[Si](O)(O)O. The Balaban J connectivity index is 3.07. The molecule has 56 valence electrons. The molecule has 0 fully saturated rings. The maximum Gasteiger partial charge on any atom is 0.671 e. The number of unbranched alkanes of at least 4 members (excludes halogenated alkanes) is 1. The molecule has 0 aliphatic heterocycles. The van der Waals surface area contributed by atoms with E-state index in [9.17, 15) is 0 Å². The quantitative estimate of drug-likeness (QED) is 0.365. The van der Waals surface area contributed by atoms with Crippen molar-refractivity contribution in [3.8, 4) is 0 Å². The third-order valence-corrected chi connectivity index (χ3v) is 1.39. The van der Waals surface area contributed by atoms with E-state index in [-0.39, 0.29) is 6.61 Å². The van der Waals surface area contributed by atoms with Gasteiger partial charge in [0.2, 0.25) is 0 Å². The summed E-state index contributed by atoms with van der Waals surface area (Å²) < 4.78 is 4.28. The number of hydrogen-bond acceptors (Lipinski definition) is 4. The van der Waals surface area contributed by atoms with Crippen LogP contribution in [0.1, 0.15) is 19.8 Å². The van der Waals surface area contributed by atoms with Crippen molar-refractivity contribution in [1.82, 2.24) is 0 Å². The van der Waals surface area contributed by atoms with E-state index < -0.39 is 9.05 Å². The van der Waals surface area contributed by atoms with Crippen LogP contribution in [0.25, 0.3) is 0 Å². The maximum absolute atomic E-state index is 8.27. The molecule has 0 unspecified atom stereocenters. The molecule has 3 N–H and O–H groups in total. The normalized spacial score (nSPS) is 12.0. The highest BCUT2D eigenvalue weighted by atomic mass is 28.4. The summed E-state index contributed by atoms with van der Waals surface area (Å²) in [4.78, 5) is 24.8. The molecule has 0 rings (SSSR count). The topological polar surface area (TPSA) is 69.9 Å². The van der Waals surface area contributed by atoms with Crippen LogP contribution in [0.4, 0.5) is 0 Å². The van der Waals surface area contributed by atoms with Gasteiger partial charge in [-0.1, -0.05) is 13.3 Å². The highest BCUT2D eigenvalue weighted by Crippen LogP contribution is 1.93. The van der Waals surface area contributed by atoms with Crippen LogP contribution in [0, 0.1) is 0 Å². The van der Waals surface area contributed by atoms with Crippen molar-refractivity contribution >= 4 is 9.05 Å². The largest absolute Gasteiger partial charge is 0.671 e. The lowest BCUT2D eigenvalue weighted by Gasteiger charge is -2.07. The second kappa shape index (κ2) is 3.97. The van der Waals surface area contributed by atoms with Crippen molar-refractivity contribution in [2.24, 2.45) is 0 Å². The molecular weight excluding hydrogens is 140 g/mol. The summed E-state index contributed by atoms with van der Waals surface area (Å²) in [7, 11) is -4.19. The molecule has 0 saturated heterocycles. The van der Waals surface area contributed by atoms with Crippen molar-refractivity contribution in [3.05, 3.63) is 0 Å². The van der Waals surface area contributed by atoms with Gasteiger partial charge in [-0.05, 0) is 6.42 Å². The molecule has 0 atom stereocenters. The van der Waals surface area contributed by atoms with E-state index in [1.807, 2.05) is 6.92 Å². The van der Waals surface area contributed by atoms with Gasteiger partial charge in [0.1, 0.15) is 0 Å². The molecule has 0 aromatic heterocycles. The fourth-order valence-corrected chi connectivity index (χ4v) is 0.772. The van der Waals surface area contributed by atoms with Crippen LogP contribution in [0.5, 0.6) is 0 Å². The average molecular weight is 152 g/mol. The fourth-order valence-electron chi connectivity index (χ4n) is 0.353. The first-order valence-electron chi connectivity index (χ1n) is 2.87. The lowest BCUT2D eigenvalue weighted by molar-refractivity contribution is 0.0623. The minimum atomic E-state index is -4.19. The molecule has 4 nitrogen and oxygen atoms in total. The zero-order valence-electron chi connectivity index (χ0n) is 5.37. The molecular formula is C4H12O4Si. The Hall–Kier alpha value is 0.0569. The van der Waals surface area contributed by atoms with Gasteiger partial charge in [-0.25, -0.2) is 0 Å². The first kappa shape index (κ1) is 9.06. The summed E-state index contributed by atoms with van der Waals surface area (Å²) in [6.45, 7) is 2.16.